The van der Waals surface area contributed by atoms with Gasteiger partial charge in [-0.1, -0.05) is 24.4 Å². The standard InChI is InChI=1S/C11H11NOS/c1-7-3-4-8-9(5-7)12(2)6-10(13)11(8)14/h3-6,13H,1-2H3. The van der Waals surface area contributed by atoms with Crippen molar-refractivity contribution >= 4 is 23.1 Å². The molecule has 72 valence electrons. The van der Waals surface area contributed by atoms with Gasteiger partial charge in [0.25, 0.3) is 0 Å². The van der Waals surface area contributed by atoms with E-state index in [9.17, 15) is 5.11 Å². The van der Waals surface area contributed by atoms with Crippen molar-refractivity contribution < 1.29 is 5.11 Å². The van der Waals surface area contributed by atoms with Gasteiger partial charge in [0.05, 0.1) is 4.51 Å². The number of pyridine rings is 1. The molecule has 1 aromatic carbocycles. The Hall–Kier alpha value is -1.35. The molecule has 0 radical (unpaired) electrons. The van der Waals surface area contributed by atoms with Crippen LogP contribution in [0.15, 0.2) is 24.4 Å². The second kappa shape index (κ2) is 3.10. The van der Waals surface area contributed by atoms with Crippen LogP contribution in [-0.4, -0.2) is 9.67 Å². The van der Waals surface area contributed by atoms with E-state index in [1.165, 1.54) is 5.56 Å². The average Bonchev–Trinajstić information content (AvgIpc) is 2.14. The van der Waals surface area contributed by atoms with Gasteiger partial charge >= 0.3 is 0 Å². The summed E-state index contributed by atoms with van der Waals surface area (Å²) in [7, 11) is 1.90. The molecule has 3 heteroatoms. The summed E-state index contributed by atoms with van der Waals surface area (Å²) < 4.78 is 2.41. The molecule has 0 saturated heterocycles. The Labute approximate surface area is 87.4 Å². The van der Waals surface area contributed by atoms with Gasteiger partial charge in [-0.05, 0) is 18.6 Å². The van der Waals surface area contributed by atoms with E-state index < -0.39 is 0 Å². The molecule has 0 amide bonds. The zero-order valence-corrected chi connectivity index (χ0v) is 8.93. The molecule has 14 heavy (non-hydrogen) atoms. The Morgan fingerprint density at radius 1 is 1.36 bits per heavy atom. The van der Waals surface area contributed by atoms with Crippen molar-refractivity contribution in [1.82, 2.24) is 4.57 Å². The highest BCUT2D eigenvalue weighted by atomic mass is 32.1. The van der Waals surface area contributed by atoms with Gasteiger partial charge in [-0.2, -0.15) is 0 Å². The van der Waals surface area contributed by atoms with E-state index in [2.05, 4.69) is 6.07 Å². The molecule has 0 spiro atoms. The van der Waals surface area contributed by atoms with E-state index >= 15 is 0 Å². The van der Waals surface area contributed by atoms with Crippen LogP contribution in [0.4, 0.5) is 0 Å². The van der Waals surface area contributed by atoms with E-state index in [0.717, 1.165) is 10.9 Å². The molecule has 0 aliphatic heterocycles. The Morgan fingerprint density at radius 2 is 2.07 bits per heavy atom. The summed E-state index contributed by atoms with van der Waals surface area (Å²) >= 11 is 5.13. The molecule has 1 aromatic heterocycles. The maximum atomic E-state index is 9.54. The summed E-state index contributed by atoms with van der Waals surface area (Å²) in [5.41, 5.74) is 2.24. The molecule has 0 bridgehead atoms. The Bertz CT molecular complexity index is 557. The van der Waals surface area contributed by atoms with Crippen LogP contribution < -0.4 is 0 Å². The Balaban J connectivity index is 3.02. The highest BCUT2D eigenvalue weighted by Gasteiger charge is 2.02. The number of aromatic nitrogens is 1. The van der Waals surface area contributed by atoms with Crippen molar-refractivity contribution in [2.45, 2.75) is 6.92 Å². The normalized spacial score (nSPS) is 10.7. The fraction of sp³-hybridized carbons (Fsp3) is 0.182. The minimum atomic E-state index is 0.166. The summed E-state index contributed by atoms with van der Waals surface area (Å²) in [5, 5.41) is 10.5. The Morgan fingerprint density at radius 3 is 2.79 bits per heavy atom. The van der Waals surface area contributed by atoms with Crippen LogP contribution in [0.1, 0.15) is 5.56 Å². The number of fused-ring (bicyclic) bond motifs is 1. The first-order valence-corrected chi connectivity index (χ1v) is 4.79. The minimum absolute atomic E-state index is 0.166. The van der Waals surface area contributed by atoms with Crippen LogP contribution >= 0.6 is 12.2 Å². The lowest BCUT2D eigenvalue weighted by atomic mass is 10.1. The quantitative estimate of drug-likeness (QED) is 0.669. The van der Waals surface area contributed by atoms with Gasteiger partial charge < -0.3 is 9.67 Å². The zero-order valence-electron chi connectivity index (χ0n) is 8.11. The smallest absolute Gasteiger partial charge is 0.150 e. The second-order valence-electron chi connectivity index (χ2n) is 3.47. The van der Waals surface area contributed by atoms with Gasteiger partial charge in [0.1, 0.15) is 5.75 Å². The number of aryl methyl sites for hydroxylation is 2. The molecule has 0 atom stereocenters. The number of hydrogen-bond donors (Lipinski definition) is 1. The largest absolute Gasteiger partial charge is 0.505 e. The lowest BCUT2D eigenvalue weighted by Gasteiger charge is -2.07. The number of benzene rings is 1. The molecule has 0 fully saturated rings. The predicted molar refractivity (Wildman–Crippen MR) is 60.2 cm³/mol. The third kappa shape index (κ3) is 1.30. The van der Waals surface area contributed by atoms with Gasteiger partial charge in [-0.15, -0.1) is 0 Å². The van der Waals surface area contributed by atoms with E-state index in [4.69, 9.17) is 12.2 Å². The molecule has 1 heterocycles. The van der Waals surface area contributed by atoms with Crippen LogP contribution in [0.25, 0.3) is 10.9 Å². The average molecular weight is 205 g/mol. The van der Waals surface area contributed by atoms with Crippen LogP contribution in [0, 0.1) is 11.4 Å². The van der Waals surface area contributed by atoms with Gasteiger partial charge in [0, 0.05) is 24.1 Å². The molecule has 1 N–H and O–H groups in total. The van der Waals surface area contributed by atoms with Crippen molar-refractivity contribution in [3.8, 4) is 5.75 Å². The van der Waals surface area contributed by atoms with E-state index in [1.807, 2.05) is 30.7 Å². The topological polar surface area (TPSA) is 25.2 Å². The molecule has 2 rings (SSSR count). The fourth-order valence-electron chi connectivity index (χ4n) is 1.58. The van der Waals surface area contributed by atoms with E-state index in [-0.39, 0.29) is 5.75 Å². The second-order valence-corrected chi connectivity index (χ2v) is 3.88. The highest BCUT2D eigenvalue weighted by molar-refractivity contribution is 7.71. The summed E-state index contributed by atoms with van der Waals surface area (Å²) in [5.74, 6) is 0.166. The van der Waals surface area contributed by atoms with Gasteiger partial charge in [-0.25, -0.2) is 0 Å². The first-order valence-electron chi connectivity index (χ1n) is 4.38. The van der Waals surface area contributed by atoms with Crippen molar-refractivity contribution in [2.75, 3.05) is 0 Å². The maximum Gasteiger partial charge on any atom is 0.150 e. The lowest BCUT2D eigenvalue weighted by Crippen LogP contribution is -1.93. The molecular weight excluding hydrogens is 194 g/mol. The van der Waals surface area contributed by atoms with Crippen molar-refractivity contribution in [3.05, 3.63) is 34.5 Å². The summed E-state index contributed by atoms with van der Waals surface area (Å²) in [6.07, 6.45) is 1.64. The summed E-state index contributed by atoms with van der Waals surface area (Å²) in [6, 6.07) is 6.01. The molecule has 0 aliphatic carbocycles. The van der Waals surface area contributed by atoms with Gasteiger partial charge in [0.15, 0.2) is 0 Å². The molecular formula is C11H11NOS. The number of rotatable bonds is 0. The first-order chi connectivity index (χ1) is 6.59. The van der Waals surface area contributed by atoms with Crippen molar-refractivity contribution in [2.24, 2.45) is 7.05 Å². The van der Waals surface area contributed by atoms with Crippen LogP contribution in [0.5, 0.6) is 5.75 Å². The summed E-state index contributed by atoms with van der Waals surface area (Å²) in [4.78, 5) is 0. The number of aromatic hydroxyl groups is 1. The van der Waals surface area contributed by atoms with E-state index in [1.54, 1.807) is 6.20 Å². The molecule has 2 aromatic rings. The first kappa shape index (κ1) is 9.21. The zero-order chi connectivity index (χ0) is 10.3. The van der Waals surface area contributed by atoms with Crippen LogP contribution in [-0.2, 0) is 7.05 Å². The Kier molecular flexibility index (Phi) is 2.04. The fourth-order valence-corrected chi connectivity index (χ4v) is 1.80. The van der Waals surface area contributed by atoms with Crippen LogP contribution in [0.3, 0.4) is 0 Å². The molecule has 0 saturated carbocycles. The van der Waals surface area contributed by atoms with Crippen LogP contribution in [0.2, 0.25) is 0 Å². The van der Waals surface area contributed by atoms with E-state index in [0.29, 0.717) is 4.51 Å². The molecule has 0 unspecified atom stereocenters. The van der Waals surface area contributed by atoms with Crippen molar-refractivity contribution in [3.63, 3.8) is 0 Å². The SMILES string of the molecule is Cc1ccc2c(=S)c(O)cn(C)c2c1. The third-order valence-corrected chi connectivity index (χ3v) is 2.76. The lowest BCUT2D eigenvalue weighted by molar-refractivity contribution is 0.469. The summed E-state index contributed by atoms with van der Waals surface area (Å²) in [6.45, 7) is 2.04. The number of nitrogens with zero attached hydrogens (tertiary/aromatic N) is 1. The predicted octanol–water partition coefficient (Wildman–Crippen LogP) is 2.92. The van der Waals surface area contributed by atoms with Gasteiger partial charge in [0.2, 0.25) is 0 Å². The van der Waals surface area contributed by atoms with Crippen molar-refractivity contribution in [1.29, 1.82) is 0 Å². The monoisotopic (exact) mass is 205 g/mol. The molecule has 2 nitrogen and oxygen atoms in total. The number of hydrogen-bond acceptors (Lipinski definition) is 2. The highest BCUT2D eigenvalue weighted by Crippen LogP contribution is 2.23. The maximum absolute atomic E-state index is 9.54. The third-order valence-electron chi connectivity index (χ3n) is 2.33. The molecule has 0 aliphatic rings. The minimum Gasteiger partial charge on any atom is -0.505 e. The van der Waals surface area contributed by atoms with Gasteiger partial charge in [-0.3, -0.25) is 0 Å².